The van der Waals surface area contributed by atoms with E-state index in [-0.39, 0.29) is 31.6 Å². The molecule has 0 saturated carbocycles. The molecular formula is C41H81O8P. The zero-order valence-electron chi connectivity index (χ0n) is 33.3. The first kappa shape index (κ1) is 49.0. The van der Waals surface area contributed by atoms with E-state index in [1.165, 1.54) is 168 Å². The van der Waals surface area contributed by atoms with Crippen molar-refractivity contribution in [2.45, 2.75) is 225 Å². The van der Waals surface area contributed by atoms with Crippen molar-refractivity contribution >= 4 is 19.8 Å². The summed E-state index contributed by atoms with van der Waals surface area (Å²) in [6.45, 7) is 4.12. The number of phosphoric acid groups is 1. The quantitative estimate of drug-likeness (QED) is 0.0349. The highest BCUT2D eigenvalue weighted by molar-refractivity contribution is 7.48. The Morgan fingerprint density at radius 1 is 0.440 bits per heavy atom. The van der Waals surface area contributed by atoms with Crippen LogP contribution in [0, 0.1) is 0 Å². The molecule has 0 aliphatic heterocycles. The van der Waals surface area contributed by atoms with Crippen LogP contribution in [-0.2, 0) is 37.2 Å². The fourth-order valence-electron chi connectivity index (χ4n) is 6.25. The molecule has 0 aliphatic carbocycles. The Morgan fingerprint density at radius 3 is 1.06 bits per heavy atom. The number of ether oxygens (including phenoxy) is 2. The molecule has 0 aromatic rings. The van der Waals surface area contributed by atoms with E-state index in [0.717, 1.165) is 38.5 Å². The molecule has 0 aromatic carbocycles. The third-order valence-corrected chi connectivity index (χ3v) is 10.9. The summed E-state index contributed by atoms with van der Waals surface area (Å²) in [7, 11) is -1.31. The minimum absolute atomic E-state index is 0.157. The number of phosphoric ester groups is 1. The van der Waals surface area contributed by atoms with Crippen molar-refractivity contribution in [3.05, 3.63) is 0 Å². The molecule has 298 valence electrons. The molecule has 0 N–H and O–H groups in total. The summed E-state index contributed by atoms with van der Waals surface area (Å²) in [5.41, 5.74) is 0. The second kappa shape index (κ2) is 37.8. The van der Waals surface area contributed by atoms with Gasteiger partial charge in [-0.2, -0.15) is 0 Å². The number of hydrogen-bond acceptors (Lipinski definition) is 8. The lowest BCUT2D eigenvalue weighted by Crippen LogP contribution is -2.29. The second-order valence-electron chi connectivity index (χ2n) is 14.3. The SMILES string of the molecule is CCCCCCCCCCCCCCCCCC(=O)OC[C@@H](COP(=O)(OC)OC)OC(=O)CCCCCCCCCCCCCCCCC. The minimum Gasteiger partial charge on any atom is -0.462 e. The second-order valence-corrected chi connectivity index (χ2v) is 16.2. The van der Waals surface area contributed by atoms with Crippen molar-refractivity contribution in [3.8, 4) is 0 Å². The fraction of sp³-hybridized carbons (Fsp3) is 0.951. The number of unbranched alkanes of at least 4 members (excludes halogenated alkanes) is 28. The van der Waals surface area contributed by atoms with Gasteiger partial charge in [-0.1, -0.05) is 194 Å². The maximum Gasteiger partial charge on any atom is 0.474 e. The molecule has 0 rings (SSSR count). The van der Waals surface area contributed by atoms with E-state index in [4.69, 9.17) is 23.0 Å². The fourth-order valence-corrected chi connectivity index (χ4v) is 6.96. The van der Waals surface area contributed by atoms with E-state index in [2.05, 4.69) is 13.8 Å². The van der Waals surface area contributed by atoms with Gasteiger partial charge in [0.05, 0.1) is 6.61 Å². The van der Waals surface area contributed by atoms with Crippen molar-refractivity contribution in [3.63, 3.8) is 0 Å². The summed E-state index contributed by atoms with van der Waals surface area (Å²) in [5, 5.41) is 0. The minimum atomic E-state index is -3.76. The summed E-state index contributed by atoms with van der Waals surface area (Å²) >= 11 is 0. The number of carbonyl (C=O) groups is 2. The average molecular weight is 733 g/mol. The van der Waals surface area contributed by atoms with E-state index < -0.39 is 13.9 Å². The number of carbonyl (C=O) groups excluding carboxylic acids is 2. The van der Waals surface area contributed by atoms with Gasteiger partial charge < -0.3 is 9.47 Å². The molecule has 9 heteroatoms. The summed E-state index contributed by atoms with van der Waals surface area (Å²) < 4.78 is 38.3. The van der Waals surface area contributed by atoms with Gasteiger partial charge in [0.2, 0.25) is 0 Å². The van der Waals surface area contributed by atoms with Gasteiger partial charge in [-0.05, 0) is 12.8 Å². The summed E-state index contributed by atoms with van der Waals surface area (Å²) in [5.74, 6) is -0.707. The van der Waals surface area contributed by atoms with Crippen molar-refractivity contribution in [2.24, 2.45) is 0 Å². The largest absolute Gasteiger partial charge is 0.474 e. The van der Waals surface area contributed by atoms with Gasteiger partial charge >= 0.3 is 19.8 Å². The Labute approximate surface area is 309 Å². The van der Waals surface area contributed by atoms with Crippen LogP contribution in [0.4, 0.5) is 0 Å². The van der Waals surface area contributed by atoms with Gasteiger partial charge in [-0.25, -0.2) is 4.57 Å². The maximum atomic E-state index is 12.6. The first-order valence-electron chi connectivity index (χ1n) is 21.1. The molecule has 0 saturated heterocycles. The van der Waals surface area contributed by atoms with Crippen LogP contribution in [0.25, 0.3) is 0 Å². The smallest absolute Gasteiger partial charge is 0.462 e. The molecule has 0 unspecified atom stereocenters. The van der Waals surface area contributed by atoms with E-state index >= 15 is 0 Å². The van der Waals surface area contributed by atoms with Crippen LogP contribution in [0.5, 0.6) is 0 Å². The first-order chi connectivity index (χ1) is 24.4. The Morgan fingerprint density at radius 2 is 0.740 bits per heavy atom. The predicted octanol–water partition coefficient (Wildman–Crippen LogP) is 13.4. The molecule has 0 aromatic heterocycles. The molecule has 8 nitrogen and oxygen atoms in total. The standard InChI is InChI=1S/C41H81O8P/c1-5-7-9-11-13-15-17-19-21-23-25-27-29-31-33-35-40(42)47-37-39(38-48-50(44,45-3)46-4)49-41(43)36-34-32-30-28-26-24-22-20-18-16-14-12-10-8-6-2/h39H,5-38H2,1-4H3/t39-/m0/s1. The third-order valence-electron chi connectivity index (χ3n) is 9.56. The van der Waals surface area contributed by atoms with Crippen molar-refractivity contribution in [1.82, 2.24) is 0 Å². The highest BCUT2D eigenvalue weighted by Crippen LogP contribution is 2.47. The number of rotatable bonds is 40. The lowest BCUT2D eigenvalue weighted by Gasteiger charge is -2.20. The Balaban J connectivity index is 4.05. The summed E-state index contributed by atoms with van der Waals surface area (Å²) in [6.07, 6.45) is 37.6. The highest BCUT2D eigenvalue weighted by Gasteiger charge is 2.27. The summed E-state index contributed by atoms with van der Waals surface area (Å²) in [4.78, 5) is 25.0. The Bertz CT molecular complexity index is 785. The van der Waals surface area contributed by atoms with Gasteiger partial charge in [0.1, 0.15) is 6.61 Å². The van der Waals surface area contributed by atoms with E-state index in [0.29, 0.717) is 6.42 Å². The van der Waals surface area contributed by atoms with Crippen LogP contribution in [0.1, 0.15) is 219 Å². The van der Waals surface area contributed by atoms with Crippen molar-refractivity contribution in [1.29, 1.82) is 0 Å². The molecule has 1 atom stereocenters. The molecule has 0 aliphatic rings. The monoisotopic (exact) mass is 733 g/mol. The van der Waals surface area contributed by atoms with E-state index in [1.54, 1.807) is 0 Å². The van der Waals surface area contributed by atoms with Crippen LogP contribution in [0.3, 0.4) is 0 Å². The molecular weight excluding hydrogens is 651 g/mol. The van der Waals surface area contributed by atoms with Crippen LogP contribution in [0.15, 0.2) is 0 Å². The molecule has 0 amide bonds. The van der Waals surface area contributed by atoms with E-state index in [1.807, 2.05) is 0 Å². The van der Waals surface area contributed by atoms with Crippen LogP contribution < -0.4 is 0 Å². The van der Waals surface area contributed by atoms with Crippen LogP contribution >= 0.6 is 7.82 Å². The molecule has 0 heterocycles. The van der Waals surface area contributed by atoms with Crippen LogP contribution in [-0.4, -0.2) is 45.5 Å². The Hall–Kier alpha value is -0.950. The van der Waals surface area contributed by atoms with Gasteiger partial charge in [-0.3, -0.25) is 23.2 Å². The number of hydrogen-bond donors (Lipinski definition) is 0. The zero-order chi connectivity index (χ0) is 36.8. The highest BCUT2D eigenvalue weighted by atomic mass is 31.2. The third kappa shape index (κ3) is 34.2. The lowest BCUT2D eigenvalue weighted by atomic mass is 10.0. The maximum absolute atomic E-state index is 12.6. The van der Waals surface area contributed by atoms with Gasteiger partial charge in [-0.15, -0.1) is 0 Å². The van der Waals surface area contributed by atoms with Crippen molar-refractivity contribution < 1.29 is 37.2 Å². The number of esters is 2. The van der Waals surface area contributed by atoms with Gasteiger partial charge in [0, 0.05) is 27.1 Å². The zero-order valence-corrected chi connectivity index (χ0v) is 34.2. The normalized spacial score (nSPS) is 12.3. The van der Waals surface area contributed by atoms with Crippen LogP contribution in [0.2, 0.25) is 0 Å². The molecule has 0 bridgehead atoms. The molecule has 0 spiro atoms. The Kier molecular flexibility index (Phi) is 37.1. The summed E-state index contributed by atoms with van der Waals surface area (Å²) in [6, 6.07) is 0. The van der Waals surface area contributed by atoms with Crippen molar-refractivity contribution in [2.75, 3.05) is 27.4 Å². The van der Waals surface area contributed by atoms with Gasteiger partial charge in [0.15, 0.2) is 6.10 Å². The first-order valence-corrected chi connectivity index (χ1v) is 22.6. The topological polar surface area (TPSA) is 97.4 Å². The predicted molar refractivity (Wildman–Crippen MR) is 208 cm³/mol. The average Bonchev–Trinajstić information content (AvgIpc) is 3.12. The van der Waals surface area contributed by atoms with Gasteiger partial charge in [0.25, 0.3) is 0 Å². The van der Waals surface area contributed by atoms with E-state index in [9.17, 15) is 14.2 Å². The molecule has 0 fully saturated rings. The molecule has 0 radical (unpaired) electrons. The lowest BCUT2D eigenvalue weighted by molar-refractivity contribution is -0.161. The molecule has 50 heavy (non-hydrogen) atoms.